The third kappa shape index (κ3) is 4.71. The van der Waals surface area contributed by atoms with Gasteiger partial charge in [0.15, 0.2) is 0 Å². The fraction of sp³-hybridized carbons (Fsp3) is 0.0526. The van der Waals surface area contributed by atoms with Gasteiger partial charge in [-0.25, -0.2) is 4.39 Å². The lowest BCUT2D eigenvalue weighted by molar-refractivity contribution is 0.0946. The van der Waals surface area contributed by atoms with Crippen molar-refractivity contribution in [3.05, 3.63) is 87.9 Å². The molecule has 3 rings (SSSR count). The van der Waals surface area contributed by atoms with Crippen LogP contribution in [-0.2, 0) is 6.54 Å². The fourth-order valence-corrected chi connectivity index (χ4v) is 2.59. The van der Waals surface area contributed by atoms with Crippen LogP contribution >= 0.6 is 23.2 Å². The van der Waals surface area contributed by atoms with Gasteiger partial charge in [-0.2, -0.15) is 0 Å². The monoisotopic (exact) mass is 389 g/mol. The van der Waals surface area contributed by atoms with E-state index in [1.807, 2.05) is 0 Å². The molecule has 3 aromatic rings. The van der Waals surface area contributed by atoms with Crippen molar-refractivity contribution in [3.8, 4) is 0 Å². The van der Waals surface area contributed by atoms with Gasteiger partial charge in [0.05, 0.1) is 10.7 Å². The fourth-order valence-electron chi connectivity index (χ4n) is 2.26. The van der Waals surface area contributed by atoms with Crippen molar-refractivity contribution in [1.82, 2.24) is 10.3 Å². The molecule has 132 valence electrons. The largest absolute Gasteiger partial charge is 0.354 e. The van der Waals surface area contributed by atoms with Gasteiger partial charge in [-0.1, -0.05) is 35.3 Å². The number of nitrogens with zero attached hydrogens (tertiary/aromatic N) is 1. The van der Waals surface area contributed by atoms with E-state index in [-0.39, 0.29) is 24.0 Å². The first-order valence-electron chi connectivity index (χ1n) is 7.72. The molecule has 0 unspecified atom stereocenters. The highest BCUT2D eigenvalue weighted by molar-refractivity contribution is 6.35. The Morgan fingerprint density at radius 2 is 1.81 bits per heavy atom. The van der Waals surface area contributed by atoms with Crippen LogP contribution in [0, 0.1) is 5.82 Å². The van der Waals surface area contributed by atoms with Crippen molar-refractivity contribution in [2.24, 2.45) is 0 Å². The Morgan fingerprint density at radius 3 is 2.58 bits per heavy atom. The molecule has 0 radical (unpaired) electrons. The quantitative estimate of drug-likeness (QED) is 0.630. The number of rotatable bonds is 5. The van der Waals surface area contributed by atoms with Crippen molar-refractivity contribution in [1.29, 1.82) is 0 Å². The molecule has 1 aromatic heterocycles. The third-order valence-electron chi connectivity index (χ3n) is 3.57. The molecule has 0 bridgehead atoms. The second-order valence-electron chi connectivity index (χ2n) is 5.49. The Labute approximate surface area is 160 Å². The van der Waals surface area contributed by atoms with Crippen molar-refractivity contribution in [2.75, 3.05) is 5.32 Å². The molecule has 7 heteroatoms. The van der Waals surface area contributed by atoms with E-state index in [0.29, 0.717) is 21.4 Å². The Morgan fingerprint density at radius 1 is 1.04 bits per heavy atom. The van der Waals surface area contributed by atoms with E-state index in [1.54, 1.807) is 42.5 Å². The summed E-state index contributed by atoms with van der Waals surface area (Å²) >= 11 is 12.1. The molecule has 0 spiro atoms. The number of aromatic nitrogens is 1. The van der Waals surface area contributed by atoms with E-state index >= 15 is 0 Å². The number of pyridine rings is 1. The van der Waals surface area contributed by atoms with Gasteiger partial charge in [0, 0.05) is 23.5 Å². The predicted octanol–water partition coefficient (Wildman–Crippen LogP) is 5.20. The normalized spacial score (nSPS) is 10.4. The summed E-state index contributed by atoms with van der Waals surface area (Å²) in [5.41, 5.74) is 2.31. The Bertz CT molecular complexity index is 932. The molecule has 0 saturated carbocycles. The maximum atomic E-state index is 12.9. The number of hydrogen-bond acceptors (Lipinski definition) is 3. The Balaban J connectivity index is 1.69. The number of anilines is 2. The molecule has 1 amide bonds. The number of nitrogens with one attached hydrogen (secondary N) is 2. The highest BCUT2D eigenvalue weighted by Crippen LogP contribution is 2.28. The van der Waals surface area contributed by atoms with Crippen LogP contribution in [-0.4, -0.2) is 10.9 Å². The Kier molecular flexibility index (Phi) is 5.71. The maximum Gasteiger partial charge on any atom is 0.270 e. The Hall–Kier alpha value is -2.63. The number of benzene rings is 2. The molecule has 4 nitrogen and oxygen atoms in total. The SMILES string of the molecule is O=C(NCc1ccc(F)cc1)c1cc(Nc2cc(Cl)ccc2Cl)ccn1. The van der Waals surface area contributed by atoms with E-state index in [9.17, 15) is 9.18 Å². The van der Waals surface area contributed by atoms with Gasteiger partial charge in [0.1, 0.15) is 11.5 Å². The van der Waals surface area contributed by atoms with Gasteiger partial charge < -0.3 is 10.6 Å². The minimum atomic E-state index is -0.338. The molecule has 0 aliphatic rings. The van der Waals surface area contributed by atoms with Crippen molar-refractivity contribution >= 4 is 40.5 Å². The smallest absolute Gasteiger partial charge is 0.270 e. The first-order valence-corrected chi connectivity index (χ1v) is 8.47. The van der Waals surface area contributed by atoms with Crippen LogP contribution in [0.1, 0.15) is 16.1 Å². The van der Waals surface area contributed by atoms with E-state index in [2.05, 4.69) is 15.6 Å². The van der Waals surface area contributed by atoms with Crippen molar-refractivity contribution in [2.45, 2.75) is 6.54 Å². The summed E-state index contributed by atoms with van der Waals surface area (Å²) in [5, 5.41) is 6.91. The molecule has 1 heterocycles. The molecule has 0 atom stereocenters. The first kappa shape index (κ1) is 18.2. The number of amides is 1. The second kappa shape index (κ2) is 8.17. The van der Waals surface area contributed by atoms with E-state index in [1.165, 1.54) is 18.3 Å². The summed E-state index contributed by atoms with van der Waals surface area (Å²) in [5.74, 6) is -0.657. The summed E-state index contributed by atoms with van der Waals surface area (Å²) in [6.07, 6.45) is 1.52. The predicted molar refractivity (Wildman–Crippen MR) is 102 cm³/mol. The average Bonchev–Trinajstić information content (AvgIpc) is 2.64. The van der Waals surface area contributed by atoms with Gasteiger partial charge in [-0.05, 0) is 48.0 Å². The third-order valence-corrected chi connectivity index (χ3v) is 4.13. The molecular weight excluding hydrogens is 376 g/mol. The molecule has 0 aliphatic heterocycles. The molecule has 0 aliphatic carbocycles. The highest BCUT2D eigenvalue weighted by atomic mass is 35.5. The molecular formula is C19H14Cl2FN3O. The zero-order valence-corrected chi connectivity index (χ0v) is 15.0. The van der Waals surface area contributed by atoms with E-state index < -0.39 is 0 Å². The maximum absolute atomic E-state index is 12.9. The van der Waals surface area contributed by atoms with Crippen LogP contribution in [0.25, 0.3) is 0 Å². The van der Waals surface area contributed by atoms with Gasteiger partial charge >= 0.3 is 0 Å². The summed E-state index contributed by atoms with van der Waals surface area (Å²) < 4.78 is 12.9. The van der Waals surface area contributed by atoms with Gasteiger partial charge in [0.25, 0.3) is 5.91 Å². The standard InChI is InChI=1S/C19H14Cl2FN3O/c20-13-3-6-16(21)17(9-13)25-15-7-8-23-18(10-15)19(26)24-11-12-1-4-14(22)5-2-12/h1-10H,11H2,(H,23,25)(H,24,26). The summed E-state index contributed by atoms with van der Waals surface area (Å²) in [7, 11) is 0. The van der Waals surface area contributed by atoms with Crippen LogP contribution in [0.4, 0.5) is 15.8 Å². The minimum absolute atomic E-state index is 0.246. The van der Waals surface area contributed by atoms with Crippen LogP contribution < -0.4 is 10.6 Å². The first-order chi connectivity index (χ1) is 12.5. The lowest BCUT2D eigenvalue weighted by Crippen LogP contribution is -2.23. The van der Waals surface area contributed by atoms with Crippen LogP contribution in [0.15, 0.2) is 60.8 Å². The zero-order valence-electron chi connectivity index (χ0n) is 13.5. The zero-order chi connectivity index (χ0) is 18.5. The van der Waals surface area contributed by atoms with Crippen LogP contribution in [0.3, 0.4) is 0 Å². The molecule has 26 heavy (non-hydrogen) atoms. The molecule has 0 fully saturated rings. The number of carbonyl (C=O) groups excluding carboxylic acids is 1. The number of hydrogen-bond donors (Lipinski definition) is 2. The van der Waals surface area contributed by atoms with Crippen molar-refractivity contribution in [3.63, 3.8) is 0 Å². The van der Waals surface area contributed by atoms with Gasteiger partial charge in [-0.3, -0.25) is 9.78 Å². The van der Waals surface area contributed by atoms with E-state index in [0.717, 1.165) is 5.56 Å². The van der Waals surface area contributed by atoms with E-state index in [4.69, 9.17) is 23.2 Å². The molecule has 0 saturated heterocycles. The van der Waals surface area contributed by atoms with Crippen molar-refractivity contribution < 1.29 is 9.18 Å². The highest BCUT2D eigenvalue weighted by Gasteiger charge is 2.09. The molecule has 2 aromatic carbocycles. The van der Waals surface area contributed by atoms with Gasteiger partial charge in [-0.15, -0.1) is 0 Å². The van der Waals surface area contributed by atoms with Crippen LogP contribution in [0.2, 0.25) is 10.0 Å². The summed E-state index contributed by atoms with van der Waals surface area (Å²) in [4.78, 5) is 16.4. The topological polar surface area (TPSA) is 54.0 Å². The second-order valence-corrected chi connectivity index (χ2v) is 6.33. The average molecular weight is 390 g/mol. The molecule has 2 N–H and O–H groups in total. The lowest BCUT2D eigenvalue weighted by atomic mass is 10.2. The number of carbonyl (C=O) groups is 1. The number of halogens is 3. The van der Waals surface area contributed by atoms with Crippen LogP contribution in [0.5, 0.6) is 0 Å². The lowest BCUT2D eigenvalue weighted by Gasteiger charge is -2.10. The summed E-state index contributed by atoms with van der Waals surface area (Å²) in [6.45, 7) is 0.276. The van der Waals surface area contributed by atoms with Gasteiger partial charge in [0.2, 0.25) is 0 Å². The minimum Gasteiger partial charge on any atom is -0.354 e. The summed E-state index contributed by atoms with van der Waals surface area (Å²) in [6, 6.07) is 14.3.